The number of phenols is 2. The Morgan fingerprint density at radius 1 is 0.787 bits per heavy atom. The Morgan fingerprint density at radius 3 is 1.85 bits per heavy atom. The Balaban J connectivity index is 1.62. The third kappa shape index (κ3) is 7.33. The Labute approximate surface area is 270 Å². The molecule has 0 unspecified atom stereocenters. The molecule has 1 heterocycles. The molecule has 1 aromatic heterocycles. The van der Waals surface area contributed by atoms with Gasteiger partial charge in [-0.25, -0.2) is 4.98 Å². The van der Waals surface area contributed by atoms with Crippen LogP contribution in [0.1, 0.15) is 13.8 Å². The molecule has 0 aliphatic rings. The monoisotopic (exact) mass is 636 g/mol. The SMILES string of the molecule is CCN(CC)c1ccc(N=Nc2ccc([N+](=O)[O-])cc2)c(Nc2nc(-c3ccc(OC)cc3O)nc(-c3ccc(OC)cc3O)n2)c1. The second-order valence-corrected chi connectivity index (χ2v) is 10.0. The molecule has 5 aromatic rings. The van der Waals surface area contributed by atoms with Gasteiger partial charge in [-0.15, -0.1) is 5.11 Å². The molecule has 0 saturated carbocycles. The number of methoxy groups -OCH3 is 2. The molecule has 47 heavy (non-hydrogen) atoms. The highest BCUT2D eigenvalue weighted by atomic mass is 16.6. The quantitative estimate of drug-likeness (QED) is 0.0699. The summed E-state index contributed by atoms with van der Waals surface area (Å²) in [5, 5.41) is 44.6. The van der Waals surface area contributed by atoms with Crippen LogP contribution in [0.3, 0.4) is 0 Å². The average molecular weight is 637 g/mol. The smallest absolute Gasteiger partial charge is 0.269 e. The van der Waals surface area contributed by atoms with Crippen LogP contribution in [-0.4, -0.2) is 57.4 Å². The molecule has 0 aliphatic carbocycles. The van der Waals surface area contributed by atoms with Gasteiger partial charge in [-0.1, -0.05) is 0 Å². The van der Waals surface area contributed by atoms with Crippen molar-refractivity contribution in [1.29, 1.82) is 0 Å². The minimum absolute atomic E-state index is 0.0536. The summed E-state index contributed by atoms with van der Waals surface area (Å²) in [6, 6.07) is 20.8. The zero-order valence-electron chi connectivity index (χ0n) is 26.1. The molecular weight excluding hydrogens is 604 g/mol. The van der Waals surface area contributed by atoms with Crippen LogP contribution in [0.4, 0.5) is 34.4 Å². The van der Waals surface area contributed by atoms with Crippen LogP contribution in [0.15, 0.2) is 89.1 Å². The van der Waals surface area contributed by atoms with E-state index in [4.69, 9.17) is 9.47 Å². The summed E-state index contributed by atoms with van der Waals surface area (Å²) in [7, 11) is 2.99. The van der Waals surface area contributed by atoms with Crippen molar-refractivity contribution in [1.82, 2.24) is 15.0 Å². The maximum Gasteiger partial charge on any atom is 0.269 e. The molecule has 5 rings (SSSR count). The topological polar surface area (TPSA) is 181 Å². The van der Waals surface area contributed by atoms with Crippen LogP contribution in [0.2, 0.25) is 0 Å². The van der Waals surface area contributed by atoms with Gasteiger partial charge in [0, 0.05) is 43.0 Å². The second-order valence-electron chi connectivity index (χ2n) is 10.0. The molecule has 4 aromatic carbocycles. The molecule has 14 nitrogen and oxygen atoms in total. The fourth-order valence-corrected chi connectivity index (χ4v) is 4.70. The number of aromatic nitrogens is 3. The maximum atomic E-state index is 11.1. The lowest BCUT2D eigenvalue weighted by Crippen LogP contribution is -2.21. The number of hydrogen-bond donors (Lipinski definition) is 3. The van der Waals surface area contributed by atoms with Crippen LogP contribution in [0, 0.1) is 10.1 Å². The molecule has 3 N–H and O–H groups in total. The molecule has 0 aliphatic heterocycles. The molecule has 0 saturated heterocycles. The lowest BCUT2D eigenvalue weighted by molar-refractivity contribution is -0.384. The fraction of sp³-hybridized carbons (Fsp3) is 0.182. The van der Waals surface area contributed by atoms with Crippen LogP contribution in [0.25, 0.3) is 22.8 Å². The Bertz CT molecular complexity index is 1860. The summed E-state index contributed by atoms with van der Waals surface area (Å²) in [5.74, 6) is 1.01. The number of benzene rings is 4. The molecule has 0 amide bonds. The molecular formula is C33H32N8O6. The van der Waals surface area contributed by atoms with Crippen molar-refractivity contribution in [3.63, 3.8) is 0 Å². The number of anilines is 3. The lowest BCUT2D eigenvalue weighted by Gasteiger charge is -2.22. The van der Waals surface area contributed by atoms with Gasteiger partial charge in [0.05, 0.1) is 41.6 Å². The zero-order valence-corrected chi connectivity index (χ0v) is 26.1. The van der Waals surface area contributed by atoms with Gasteiger partial charge in [-0.2, -0.15) is 15.1 Å². The van der Waals surface area contributed by atoms with Gasteiger partial charge in [0.2, 0.25) is 5.95 Å². The van der Waals surface area contributed by atoms with E-state index in [0.29, 0.717) is 39.7 Å². The van der Waals surface area contributed by atoms with Gasteiger partial charge in [-0.05, 0) is 68.4 Å². The summed E-state index contributed by atoms with van der Waals surface area (Å²) in [6.45, 7) is 5.61. The third-order valence-electron chi connectivity index (χ3n) is 7.22. The van der Waals surface area contributed by atoms with E-state index in [1.54, 1.807) is 30.3 Å². The van der Waals surface area contributed by atoms with E-state index in [2.05, 4.69) is 35.4 Å². The van der Waals surface area contributed by atoms with Crippen LogP contribution >= 0.6 is 0 Å². The van der Waals surface area contributed by atoms with Gasteiger partial charge < -0.3 is 29.9 Å². The van der Waals surface area contributed by atoms with Crippen molar-refractivity contribution in [2.45, 2.75) is 13.8 Å². The van der Waals surface area contributed by atoms with Gasteiger partial charge in [-0.3, -0.25) is 10.1 Å². The number of phenolic OH excluding ortho intramolecular Hbond substituents is 2. The van der Waals surface area contributed by atoms with E-state index in [-0.39, 0.29) is 34.8 Å². The van der Waals surface area contributed by atoms with E-state index in [9.17, 15) is 20.3 Å². The van der Waals surface area contributed by atoms with Crippen molar-refractivity contribution in [2.24, 2.45) is 10.2 Å². The highest BCUT2D eigenvalue weighted by molar-refractivity contribution is 5.77. The molecule has 14 heteroatoms. The normalized spacial score (nSPS) is 11.0. The number of hydrogen-bond acceptors (Lipinski definition) is 13. The van der Waals surface area contributed by atoms with E-state index in [0.717, 1.165) is 18.8 Å². The number of non-ortho nitro benzene ring substituents is 1. The van der Waals surface area contributed by atoms with Crippen molar-refractivity contribution in [3.8, 4) is 45.8 Å². The van der Waals surface area contributed by atoms with E-state index in [1.165, 1.54) is 50.6 Å². The Kier molecular flexibility index (Phi) is 9.69. The first-order chi connectivity index (χ1) is 22.7. The predicted octanol–water partition coefficient (Wildman–Crippen LogP) is 7.55. The maximum absolute atomic E-state index is 11.1. The summed E-state index contributed by atoms with van der Waals surface area (Å²) in [4.78, 5) is 26.5. The number of nitro benzene ring substituents is 1. The molecule has 0 fully saturated rings. The molecule has 0 radical (unpaired) electrons. The molecule has 240 valence electrons. The zero-order chi connectivity index (χ0) is 33.5. The number of nitrogens with one attached hydrogen (secondary N) is 1. The lowest BCUT2D eigenvalue weighted by atomic mass is 10.1. The van der Waals surface area contributed by atoms with Crippen LogP contribution < -0.4 is 19.7 Å². The second kappa shape index (κ2) is 14.2. The fourth-order valence-electron chi connectivity index (χ4n) is 4.70. The van der Waals surface area contributed by atoms with Crippen LogP contribution in [-0.2, 0) is 0 Å². The highest BCUT2D eigenvalue weighted by Gasteiger charge is 2.18. The Morgan fingerprint density at radius 2 is 1.36 bits per heavy atom. The molecule has 0 atom stereocenters. The Hall–Kier alpha value is -6.31. The average Bonchev–Trinajstić information content (AvgIpc) is 3.08. The number of nitro groups is 1. The largest absolute Gasteiger partial charge is 0.507 e. The summed E-state index contributed by atoms with van der Waals surface area (Å²) in [6.07, 6.45) is 0. The number of nitrogens with zero attached hydrogens (tertiary/aromatic N) is 7. The predicted molar refractivity (Wildman–Crippen MR) is 178 cm³/mol. The first-order valence-corrected chi connectivity index (χ1v) is 14.6. The van der Waals surface area contributed by atoms with Crippen molar-refractivity contribution in [2.75, 3.05) is 37.5 Å². The van der Waals surface area contributed by atoms with E-state index < -0.39 is 4.92 Å². The van der Waals surface area contributed by atoms with Gasteiger partial charge in [0.25, 0.3) is 5.69 Å². The standard InChI is InChI=1S/C33H32N8O6/c1-5-40(6-2)22-11-16-27(39-38-20-7-9-21(10-8-20)41(44)45)28(17-22)34-33-36-31(25-14-12-23(46-3)18-29(25)42)35-32(37-33)26-15-13-24(47-4)19-30(26)43/h7-19,42-43H,5-6H2,1-4H3,(H,34,35,36,37). The third-order valence-corrected chi connectivity index (χ3v) is 7.22. The van der Waals surface area contributed by atoms with E-state index in [1.807, 2.05) is 26.0 Å². The summed E-state index contributed by atoms with van der Waals surface area (Å²) < 4.78 is 10.5. The van der Waals surface area contributed by atoms with Gasteiger partial charge in [0.15, 0.2) is 11.6 Å². The van der Waals surface area contributed by atoms with E-state index >= 15 is 0 Å². The number of ether oxygens (including phenoxy) is 2. The van der Waals surface area contributed by atoms with Gasteiger partial charge in [0.1, 0.15) is 28.7 Å². The van der Waals surface area contributed by atoms with Crippen molar-refractivity contribution < 1.29 is 24.6 Å². The van der Waals surface area contributed by atoms with Crippen molar-refractivity contribution in [3.05, 3.63) is 89.0 Å². The highest BCUT2D eigenvalue weighted by Crippen LogP contribution is 2.37. The number of azo groups is 1. The minimum atomic E-state index is -0.483. The molecule has 0 spiro atoms. The molecule has 0 bridgehead atoms. The van der Waals surface area contributed by atoms with Gasteiger partial charge >= 0.3 is 0 Å². The summed E-state index contributed by atoms with van der Waals surface area (Å²) in [5.41, 5.74) is 2.82. The summed E-state index contributed by atoms with van der Waals surface area (Å²) >= 11 is 0. The number of rotatable bonds is 12. The van der Waals surface area contributed by atoms with Crippen molar-refractivity contribution >= 4 is 34.4 Å². The minimum Gasteiger partial charge on any atom is -0.507 e. The first-order valence-electron chi connectivity index (χ1n) is 14.6. The first kappa shape index (κ1) is 32.1. The number of aromatic hydroxyl groups is 2. The van der Waals surface area contributed by atoms with Crippen LogP contribution in [0.5, 0.6) is 23.0 Å².